The van der Waals surface area contributed by atoms with Gasteiger partial charge in [0.2, 0.25) is 0 Å². The van der Waals surface area contributed by atoms with Crippen LogP contribution in [0.25, 0.3) is 0 Å². The van der Waals surface area contributed by atoms with E-state index in [9.17, 15) is 15.3 Å². The lowest BCUT2D eigenvalue weighted by molar-refractivity contribution is -0.122. The topological polar surface area (TPSA) is 63.9 Å². The summed E-state index contributed by atoms with van der Waals surface area (Å²) in [5, 5.41) is 30.3. The van der Waals surface area contributed by atoms with Crippen LogP contribution in [0.15, 0.2) is 0 Å². The van der Waals surface area contributed by atoms with Crippen molar-refractivity contribution in [2.75, 3.05) is 6.54 Å². The molecule has 4 nitrogen and oxygen atoms in total. The van der Waals surface area contributed by atoms with Gasteiger partial charge in [0.05, 0.1) is 6.10 Å². The van der Waals surface area contributed by atoms with Crippen LogP contribution >= 0.6 is 0 Å². The lowest BCUT2D eigenvalue weighted by Gasteiger charge is -2.33. The van der Waals surface area contributed by atoms with Crippen LogP contribution < -0.4 is 0 Å². The Bertz CT molecular complexity index is 202. The monoisotopic (exact) mass is 289 g/mol. The van der Waals surface area contributed by atoms with Gasteiger partial charge in [-0.3, -0.25) is 4.90 Å². The molecule has 3 atom stereocenters. The molecule has 20 heavy (non-hydrogen) atoms. The van der Waals surface area contributed by atoms with Crippen LogP contribution in [0.5, 0.6) is 0 Å². The van der Waals surface area contributed by atoms with E-state index in [0.717, 1.165) is 32.1 Å². The fourth-order valence-electron chi connectivity index (χ4n) is 2.43. The maximum Gasteiger partial charge on any atom is 0.109 e. The number of hydrogen-bond donors (Lipinski definition) is 3. The van der Waals surface area contributed by atoms with E-state index < -0.39 is 18.6 Å². The smallest absolute Gasteiger partial charge is 0.109 e. The van der Waals surface area contributed by atoms with E-state index >= 15 is 0 Å². The highest BCUT2D eigenvalue weighted by Crippen LogP contribution is 2.14. The molecule has 4 heteroatoms. The molecule has 3 unspecified atom stereocenters. The van der Waals surface area contributed by atoms with E-state index in [0.29, 0.717) is 19.4 Å². The number of hydrogen-bond acceptors (Lipinski definition) is 4. The molecule has 0 aromatic rings. The van der Waals surface area contributed by atoms with Crippen molar-refractivity contribution in [3.05, 3.63) is 0 Å². The molecule has 0 bridgehead atoms. The maximum absolute atomic E-state index is 10.1. The average molecular weight is 289 g/mol. The SMILES string of the molecule is CCCCCCC(O)CN(C(O)CCC)C(O)CCC. The van der Waals surface area contributed by atoms with Crippen LogP contribution in [0, 0.1) is 0 Å². The van der Waals surface area contributed by atoms with Crippen molar-refractivity contribution in [1.29, 1.82) is 0 Å². The molecule has 0 fully saturated rings. The van der Waals surface area contributed by atoms with E-state index in [1.54, 1.807) is 4.90 Å². The Hall–Kier alpha value is -0.160. The first-order valence-corrected chi connectivity index (χ1v) is 8.36. The van der Waals surface area contributed by atoms with Crippen molar-refractivity contribution in [2.24, 2.45) is 0 Å². The normalized spacial score (nSPS) is 16.4. The molecule has 0 aliphatic carbocycles. The van der Waals surface area contributed by atoms with E-state index in [-0.39, 0.29) is 0 Å². The molecule has 0 aromatic heterocycles. The summed E-state index contributed by atoms with van der Waals surface area (Å²) in [6.45, 7) is 6.54. The Morgan fingerprint density at radius 2 is 1.25 bits per heavy atom. The molecule has 0 aromatic carbocycles. The third-order valence-corrected chi connectivity index (χ3v) is 3.67. The second-order valence-electron chi connectivity index (χ2n) is 5.74. The number of unbranched alkanes of at least 4 members (excludes halogenated alkanes) is 3. The lowest BCUT2D eigenvalue weighted by Crippen LogP contribution is -2.47. The Morgan fingerprint density at radius 1 is 0.700 bits per heavy atom. The first kappa shape index (κ1) is 19.8. The van der Waals surface area contributed by atoms with Crippen LogP contribution in [0.3, 0.4) is 0 Å². The average Bonchev–Trinajstić information content (AvgIpc) is 2.41. The van der Waals surface area contributed by atoms with Crippen LogP contribution in [0.1, 0.15) is 78.6 Å². The maximum atomic E-state index is 10.1. The minimum atomic E-state index is -0.660. The first-order valence-electron chi connectivity index (χ1n) is 8.36. The van der Waals surface area contributed by atoms with Gasteiger partial charge in [0.25, 0.3) is 0 Å². The predicted molar refractivity (Wildman–Crippen MR) is 83.3 cm³/mol. The fourth-order valence-corrected chi connectivity index (χ4v) is 2.43. The van der Waals surface area contributed by atoms with Crippen LogP contribution in [-0.2, 0) is 0 Å². The summed E-state index contributed by atoms with van der Waals surface area (Å²) in [7, 11) is 0. The number of rotatable bonds is 13. The molecule has 0 saturated carbocycles. The Balaban J connectivity index is 4.24. The number of aliphatic hydroxyl groups excluding tert-OH is 3. The molecule has 122 valence electrons. The van der Waals surface area contributed by atoms with Gasteiger partial charge in [0.15, 0.2) is 0 Å². The molecule has 0 radical (unpaired) electrons. The molecule has 0 rings (SSSR count). The van der Waals surface area contributed by atoms with Crippen molar-refractivity contribution in [3.63, 3.8) is 0 Å². The van der Waals surface area contributed by atoms with E-state index in [1.807, 2.05) is 13.8 Å². The summed E-state index contributed by atoms with van der Waals surface area (Å²) < 4.78 is 0. The first-order chi connectivity index (χ1) is 9.56. The highest BCUT2D eigenvalue weighted by atomic mass is 16.3. The van der Waals surface area contributed by atoms with E-state index in [1.165, 1.54) is 12.8 Å². The quantitative estimate of drug-likeness (QED) is 0.360. The van der Waals surface area contributed by atoms with Gasteiger partial charge in [0.1, 0.15) is 12.5 Å². The molecule has 0 aliphatic rings. The lowest BCUT2D eigenvalue weighted by atomic mass is 10.1. The van der Waals surface area contributed by atoms with Crippen molar-refractivity contribution < 1.29 is 15.3 Å². The molecular weight excluding hydrogens is 254 g/mol. The second kappa shape index (κ2) is 12.6. The van der Waals surface area contributed by atoms with Gasteiger partial charge in [-0.2, -0.15) is 0 Å². The predicted octanol–water partition coefficient (Wildman–Crippen LogP) is 2.86. The van der Waals surface area contributed by atoms with Gasteiger partial charge >= 0.3 is 0 Å². The van der Waals surface area contributed by atoms with Gasteiger partial charge in [-0.25, -0.2) is 0 Å². The van der Waals surface area contributed by atoms with Crippen LogP contribution in [-0.4, -0.2) is 45.3 Å². The third kappa shape index (κ3) is 8.90. The summed E-state index contributed by atoms with van der Waals surface area (Å²) >= 11 is 0. The molecule has 0 saturated heterocycles. The number of nitrogens with zero attached hydrogens (tertiary/aromatic N) is 1. The van der Waals surface area contributed by atoms with Gasteiger partial charge in [-0.15, -0.1) is 0 Å². The van der Waals surface area contributed by atoms with E-state index in [4.69, 9.17) is 0 Å². The molecular formula is C16H35NO3. The van der Waals surface area contributed by atoms with Gasteiger partial charge in [-0.1, -0.05) is 59.3 Å². The molecule has 3 N–H and O–H groups in total. The Kier molecular flexibility index (Phi) is 12.5. The Labute approximate surface area is 124 Å². The summed E-state index contributed by atoms with van der Waals surface area (Å²) in [6.07, 6.45) is 6.48. The summed E-state index contributed by atoms with van der Waals surface area (Å²) in [4.78, 5) is 1.65. The zero-order valence-electron chi connectivity index (χ0n) is 13.6. The van der Waals surface area contributed by atoms with Gasteiger partial charge < -0.3 is 15.3 Å². The van der Waals surface area contributed by atoms with E-state index in [2.05, 4.69) is 6.92 Å². The number of aliphatic hydroxyl groups is 3. The third-order valence-electron chi connectivity index (χ3n) is 3.67. The second-order valence-corrected chi connectivity index (χ2v) is 5.74. The van der Waals surface area contributed by atoms with Crippen molar-refractivity contribution in [2.45, 2.75) is 97.1 Å². The minimum absolute atomic E-state index is 0.356. The van der Waals surface area contributed by atoms with Crippen molar-refractivity contribution in [1.82, 2.24) is 4.90 Å². The summed E-state index contributed by atoms with van der Waals surface area (Å²) in [5.74, 6) is 0. The zero-order valence-corrected chi connectivity index (χ0v) is 13.6. The van der Waals surface area contributed by atoms with Crippen LogP contribution in [0.2, 0.25) is 0 Å². The minimum Gasteiger partial charge on any atom is -0.392 e. The molecule has 0 heterocycles. The summed E-state index contributed by atoms with van der Waals surface area (Å²) in [5.41, 5.74) is 0. The standard InChI is InChI=1S/C16H35NO3/c1-4-7-8-9-12-14(18)13-17(15(19)10-5-2)16(20)11-6-3/h14-16,18-20H,4-13H2,1-3H3. The highest BCUT2D eigenvalue weighted by molar-refractivity contribution is 4.70. The van der Waals surface area contributed by atoms with Gasteiger partial charge in [-0.05, 0) is 19.3 Å². The molecule has 0 spiro atoms. The molecule has 0 aliphatic heterocycles. The molecule has 0 amide bonds. The largest absolute Gasteiger partial charge is 0.392 e. The van der Waals surface area contributed by atoms with Crippen LogP contribution in [0.4, 0.5) is 0 Å². The fraction of sp³-hybridized carbons (Fsp3) is 1.00. The van der Waals surface area contributed by atoms with Crippen molar-refractivity contribution in [3.8, 4) is 0 Å². The van der Waals surface area contributed by atoms with Gasteiger partial charge in [0, 0.05) is 6.54 Å². The highest BCUT2D eigenvalue weighted by Gasteiger charge is 2.24. The Morgan fingerprint density at radius 3 is 1.70 bits per heavy atom. The zero-order chi connectivity index (χ0) is 15.4. The summed E-state index contributed by atoms with van der Waals surface area (Å²) in [6, 6.07) is 0. The van der Waals surface area contributed by atoms with Crippen molar-refractivity contribution >= 4 is 0 Å².